The van der Waals surface area contributed by atoms with Gasteiger partial charge in [-0.2, -0.15) is 15.0 Å². The van der Waals surface area contributed by atoms with E-state index >= 15 is 0 Å². The standard InChI is InChI=1S/C23H28N6OS/c1-5-17-8-6-7-9-19(17)26-23-28-20(27-22(24)29-23)13-31-16(4)21(30)25-18-11-10-14(2)12-15(18)3/h6-12,16H,5,13H2,1-4H3,(H,25,30)(H3,24,26,27,28,29)/t16-/m1/s1. The van der Waals surface area contributed by atoms with Gasteiger partial charge < -0.3 is 16.4 Å². The summed E-state index contributed by atoms with van der Waals surface area (Å²) in [6.07, 6.45) is 0.888. The maximum absolute atomic E-state index is 12.6. The quantitative estimate of drug-likeness (QED) is 0.472. The average molecular weight is 437 g/mol. The SMILES string of the molecule is CCc1ccccc1Nc1nc(N)nc(CS[C@H](C)C(=O)Nc2ccc(C)cc2C)n1. The third-order valence-electron chi connectivity index (χ3n) is 4.82. The predicted molar refractivity (Wildman–Crippen MR) is 129 cm³/mol. The molecule has 0 aliphatic carbocycles. The highest BCUT2D eigenvalue weighted by Gasteiger charge is 2.16. The topological polar surface area (TPSA) is 106 Å². The smallest absolute Gasteiger partial charge is 0.237 e. The third-order valence-corrected chi connectivity index (χ3v) is 5.95. The van der Waals surface area contributed by atoms with Gasteiger partial charge in [0.25, 0.3) is 0 Å². The number of nitrogens with two attached hydrogens (primary N) is 1. The summed E-state index contributed by atoms with van der Waals surface area (Å²) in [6.45, 7) is 7.97. The molecule has 0 bridgehead atoms. The van der Waals surface area contributed by atoms with Crippen molar-refractivity contribution in [3.05, 3.63) is 65.0 Å². The first-order valence-electron chi connectivity index (χ1n) is 10.2. The lowest BCUT2D eigenvalue weighted by atomic mass is 10.1. The monoisotopic (exact) mass is 436 g/mol. The highest BCUT2D eigenvalue weighted by Crippen LogP contribution is 2.23. The summed E-state index contributed by atoms with van der Waals surface area (Å²) in [5.41, 5.74) is 11.0. The first-order valence-corrected chi connectivity index (χ1v) is 11.3. The number of nitrogen functional groups attached to an aromatic ring is 1. The largest absolute Gasteiger partial charge is 0.368 e. The van der Waals surface area contributed by atoms with Gasteiger partial charge in [0.1, 0.15) is 5.82 Å². The molecule has 0 saturated heterocycles. The Balaban J connectivity index is 1.63. The van der Waals surface area contributed by atoms with Gasteiger partial charge in [0.05, 0.1) is 11.0 Å². The molecule has 0 radical (unpaired) electrons. The Morgan fingerprint density at radius 2 is 1.87 bits per heavy atom. The molecule has 0 unspecified atom stereocenters. The fraction of sp³-hybridized carbons (Fsp3) is 0.304. The lowest BCUT2D eigenvalue weighted by molar-refractivity contribution is -0.115. The lowest BCUT2D eigenvalue weighted by Crippen LogP contribution is -2.23. The summed E-state index contributed by atoms with van der Waals surface area (Å²) in [6, 6.07) is 14.0. The summed E-state index contributed by atoms with van der Waals surface area (Å²) in [5.74, 6) is 1.46. The molecule has 0 saturated carbocycles. The number of nitrogens with one attached hydrogen (secondary N) is 2. The minimum atomic E-state index is -0.282. The molecule has 1 atom stereocenters. The van der Waals surface area contributed by atoms with E-state index in [0.29, 0.717) is 17.5 Å². The molecule has 3 rings (SSSR count). The first-order chi connectivity index (χ1) is 14.9. The molecule has 1 aromatic heterocycles. The second kappa shape index (κ2) is 10.3. The van der Waals surface area contributed by atoms with Gasteiger partial charge in [-0.15, -0.1) is 11.8 Å². The summed E-state index contributed by atoms with van der Waals surface area (Å²) in [5, 5.41) is 5.94. The van der Waals surface area contributed by atoms with Crippen LogP contribution < -0.4 is 16.4 Å². The third kappa shape index (κ3) is 6.18. The number of aryl methyl sites for hydroxylation is 3. The van der Waals surface area contributed by atoms with Crippen molar-refractivity contribution < 1.29 is 4.79 Å². The van der Waals surface area contributed by atoms with Crippen LogP contribution in [0.2, 0.25) is 0 Å². The number of carbonyl (C=O) groups is 1. The zero-order valence-electron chi connectivity index (χ0n) is 18.3. The molecule has 1 amide bonds. The van der Waals surface area contributed by atoms with Crippen LogP contribution >= 0.6 is 11.8 Å². The van der Waals surface area contributed by atoms with Crippen LogP contribution in [0.15, 0.2) is 42.5 Å². The van der Waals surface area contributed by atoms with Crippen LogP contribution in [0, 0.1) is 13.8 Å². The van der Waals surface area contributed by atoms with Crippen molar-refractivity contribution in [2.24, 2.45) is 0 Å². The van der Waals surface area contributed by atoms with Crippen LogP contribution in [0.5, 0.6) is 0 Å². The number of carbonyl (C=O) groups excluding carboxylic acids is 1. The van der Waals surface area contributed by atoms with E-state index in [1.165, 1.54) is 11.8 Å². The summed E-state index contributed by atoms with van der Waals surface area (Å²) < 4.78 is 0. The van der Waals surface area contributed by atoms with Gasteiger partial charge in [-0.05, 0) is 50.5 Å². The van der Waals surface area contributed by atoms with Gasteiger partial charge in [-0.1, -0.05) is 42.8 Å². The predicted octanol–water partition coefficient (Wildman–Crippen LogP) is 4.64. The molecule has 0 spiro atoms. The van der Waals surface area contributed by atoms with E-state index in [2.05, 4.69) is 38.6 Å². The van der Waals surface area contributed by atoms with Crippen LogP contribution in [0.25, 0.3) is 0 Å². The van der Waals surface area contributed by atoms with Gasteiger partial charge >= 0.3 is 0 Å². The molecule has 162 valence electrons. The van der Waals surface area contributed by atoms with Crippen molar-refractivity contribution in [2.45, 2.75) is 45.1 Å². The van der Waals surface area contributed by atoms with E-state index in [1.54, 1.807) is 0 Å². The molecule has 4 N–H and O–H groups in total. The van der Waals surface area contributed by atoms with Crippen molar-refractivity contribution in [3.8, 4) is 0 Å². The Hall–Kier alpha value is -3.13. The molecule has 1 heterocycles. The van der Waals surface area contributed by atoms with Gasteiger partial charge in [0.2, 0.25) is 17.8 Å². The number of thioether (sulfide) groups is 1. The summed E-state index contributed by atoms with van der Waals surface area (Å²) >= 11 is 1.45. The molecule has 2 aromatic carbocycles. The lowest BCUT2D eigenvalue weighted by Gasteiger charge is -2.14. The van der Waals surface area contributed by atoms with E-state index in [9.17, 15) is 4.79 Å². The Labute approximate surface area is 187 Å². The van der Waals surface area contributed by atoms with Gasteiger partial charge in [0, 0.05) is 11.4 Å². The number of nitrogens with zero attached hydrogens (tertiary/aromatic N) is 3. The molecule has 8 heteroatoms. The van der Waals surface area contributed by atoms with Crippen molar-refractivity contribution in [2.75, 3.05) is 16.4 Å². The molecule has 0 aliphatic rings. The molecule has 31 heavy (non-hydrogen) atoms. The first kappa shape index (κ1) is 22.6. The number of benzene rings is 2. The summed E-state index contributed by atoms with van der Waals surface area (Å²) in [4.78, 5) is 25.5. The van der Waals surface area contributed by atoms with Gasteiger partial charge in [-0.3, -0.25) is 4.79 Å². The highest BCUT2D eigenvalue weighted by molar-refractivity contribution is 7.99. The fourth-order valence-corrected chi connectivity index (χ4v) is 3.83. The number of amides is 1. The van der Waals surface area contributed by atoms with Crippen molar-refractivity contribution >= 4 is 40.9 Å². The normalized spacial score (nSPS) is 11.7. The van der Waals surface area contributed by atoms with Crippen molar-refractivity contribution in [1.29, 1.82) is 0 Å². The highest BCUT2D eigenvalue weighted by atomic mass is 32.2. The molecule has 3 aromatic rings. The number of rotatable bonds is 8. The van der Waals surface area contributed by atoms with Crippen molar-refractivity contribution in [1.82, 2.24) is 15.0 Å². The maximum Gasteiger partial charge on any atom is 0.237 e. The molecule has 7 nitrogen and oxygen atoms in total. The second-order valence-electron chi connectivity index (χ2n) is 7.33. The maximum atomic E-state index is 12.6. The Morgan fingerprint density at radius 1 is 1.10 bits per heavy atom. The minimum absolute atomic E-state index is 0.0609. The second-order valence-corrected chi connectivity index (χ2v) is 8.66. The van der Waals surface area contributed by atoms with Crippen molar-refractivity contribution in [3.63, 3.8) is 0 Å². The number of aromatic nitrogens is 3. The Kier molecular flexibility index (Phi) is 7.46. The fourth-order valence-electron chi connectivity index (χ4n) is 3.09. The number of hydrogen-bond acceptors (Lipinski definition) is 7. The number of anilines is 4. The zero-order chi connectivity index (χ0) is 22.4. The average Bonchev–Trinajstić information content (AvgIpc) is 2.74. The van der Waals surface area contributed by atoms with Gasteiger partial charge in [-0.25, -0.2) is 0 Å². The van der Waals surface area contributed by atoms with Crippen LogP contribution in [0.3, 0.4) is 0 Å². The number of para-hydroxylation sites is 1. The van der Waals surface area contributed by atoms with Crippen LogP contribution in [-0.2, 0) is 17.0 Å². The van der Waals surface area contributed by atoms with E-state index in [4.69, 9.17) is 5.73 Å². The van der Waals surface area contributed by atoms with E-state index in [0.717, 1.165) is 34.5 Å². The molecular weight excluding hydrogens is 408 g/mol. The van der Waals surface area contributed by atoms with Crippen LogP contribution in [0.4, 0.5) is 23.3 Å². The Morgan fingerprint density at radius 3 is 2.61 bits per heavy atom. The van der Waals surface area contributed by atoms with Crippen LogP contribution in [-0.4, -0.2) is 26.1 Å². The van der Waals surface area contributed by atoms with E-state index in [-0.39, 0.29) is 17.1 Å². The van der Waals surface area contributed by atoms with E-state index in [1.807, 2.05) is 57.2 Å². The zero-order valence-corrected chi connectivity index (χ0v) is 19.1. The van der Waals surface area contributed by atoms with Gasteiger partial charge in [0.15, 0.2) is 0 Å². The summed E-state index contributed by atoms with van der Waals surface area (Å²) in [7, 11) is 0. The number of hydrogen-bond donors (Lipinski definition) is 3. The van der Waals surface area contributed by atoms with Crippen LogP contribution in [0.1, 0.15) is 36.4 Å². The molecular formula is C23H28N6OS. The minimum Gasteiger partial charge on any atom is -0.368 e. The molecule has 0 aliphatic heterocycles. The molecule has 0 fully saturated rings. The Bertz CT molecular complexity index is 1070. The van der Waals surface area contributed by atoms with E-state index < -0.39 is 0 Å².